The number of nitrogens with zero attached hydrogens (tertiary/aromatic N) is 1. The Morgan fingerprint density at radius 2 is 1.90 bits per heavy atom. The lowest BCUT2D eigenvalue weighted by atomic mass is 10.5. The zero-order valence-corrected chi connectivity index (χ0v) is 8.79. The Morgan fingerprint density at radius 1 is 1.40 bits per heavy atom. The van der Waals surface area contributed by atoms with E-state index in [0.29, 0.717) is 13.1 Å². The minimum absolute atomic E-state index is 0. The van der Waals surface area contributed by atoms with E-state index >= 15 is 0 Å². The van der Waals surface area contributed by atoms with Crippen molar-refractivity contribution >= 4 is 6.47 Å². The van der Waals surface area contributed by atoms with Crippen molar-refractivity contribution in [1.82, 2.24) is 0 Å². The lowest BCUT2D eigenvalue weighted by Crippen LogP contribution is -3.00. The van der Waals surface area contributed by atoms with Crippen LogP contribution < -0.4 is 24.0 Å². The Bertz CT molecular complexity index is 90.2. The quantitative estimate of drug-likeness (QED) is 0.231. The molecule has 10 heavy (non-hydrogen) atoms. The van der Waals surface area contributed by atoms with Crippen LogP contribution in [0.4, 0.5) is 0 Å². The first-order chi connectivity index (χ1) is 4.06. The number of ether oxygens (including phenoxy) is 1. The summed E-state index contributed by atoms with van der Waals surface area (Å²) >= 11 is 0. The minimum Gasteiger partial charge on any atom is -1.00 e. The summed E-state index contributed by atoms with van der Waals surface area (Å²) in [6.07, 6.45) is 0. The largest absolute Gasteiger partial charge is 1.00 e. The van der Waals surface area contributed by atoms with Crippen LogP contribution in [0.5, 0.6) is 0 Å². The molecule has 0 bridgehead atoms. The van der Waals surface area contributed by atoms with Gasteiger partial charge in [-0.05, 0) is 0 Å². The summed E-state index contributed by atoms with van der Waals surface area (Å²) in [5.74, 6) is 0. The molecule has 0 spiro atoms. The molecule has 0 rings (SSSR count). The number of hydrogen-bond acceptors (Lipinski definition) is 2. The number of carbonyl (C=O) groups excluding carboxylic acids is 1. The molecule has 0 radical (unpaired) electrons. The number of rotatable bonds is 4. The lowest BCUT2D eigenvalue weighted by molar-refractivity contribution is -0.870. The van der Waals surface area contributed by atoms with Gasteiger partial charge >= 0.3 is 0 Å². The van der Waals surface area contributed by atoms with Gasteiger partial charge in [-0.2, -0.15) is 0 Å². The second kappa shape index (κ2) is 5.91. The fourth-order valence-electron chi connectivity index (χ4n) is 0.375. The Balaban J connectivity index is 0. The number of carbonyl (C=O) groups is 1. The number of halogens is 1. The van der Waals surface area contributed by atoms with Crippen molar-refractivity contribution in [3.05, 3.63) is 0 Å². The van der Waals surface area contributed by atoms with Crippen molar-refractivity contribution in [2.75, 3.05) is 34.3 Å². The highest BCUT2D eigenvalue weighted by atomic mass is 127. The summed E-state index contributed by atoms with van der Waals surface area (Å²) < 4.78 is 5.34. The van der Waals surface area contributed by atoms with E-state index in [9.17, 15) is 4.79 Å². The molecule has 0 atom stereocenters. The molecule has 0 saturated carbocycles. The summed E-state index contributed by atoms with van der Waals surface area (Å²) in [5.41, 5.74) is 0. The van der Waals surface area contributed by atoms with Gasteiger partial charge < -0.3 is 33.2 Å². The Morgan fingerprint density at radius 3 is 2.20 bits per heavy atom. The fourth-order valence-corrected chi connectivity index (χ4v) is 0.375. The Kier molecular flexibility index (Phi) is 7.56. The van der Waals surface area contributed by atoms with Crippen molar-refractivity contribution < 1.29 is 38.0 Å². The van der Waals surface area contributed by atoms with Gasteiger partial charge in [0, 0.05) is 0 Å². The molecule has 0 fully saturated rings. The maximum Gasteiger partial charge on any atom is 0.293 e. The molecule has 0 N–H and O–H groups in total. The molecule has 0 heterocycles. The molecule has 0 aliphatic carbocycles. The van der Waals surface area contributed by atoms with Crippen molar-refractivity contribution in [3.63, 3.8) is 0 Å². The van der Waals surface area contributed by atoms with Gasteiger partial charge in [0.1, 0.15) is 13.2 Å². The van der Waals surface area contributed by atoms with Crippen molar-refractivity contribution in [2.24, 2.45) is 0 Å². The summed E-state index contributed by atoms with van der Waals surface area (Å²) in [4.78, 5) is 9.66. The molecule has 62 valence electrons. The van der Waals surface area contributed by atoms with Gasteiger partial charge in [-0.3, -0.25) is 4.79 Å². The fraction of sp³-hybridized carbons (Fsp3) is 0.833. The zero-order valence-electron chi connectivity index (χ0n) is 6.63. The van der Waals surface area contributed by atoms with Crippen LogP contribution in [0.2, 0.25) is 0 Å². The van der Waals surface area contributed by atoms with E-state index in [2.05, 4.69) is 4.74 Å². The average molecular weight is 259 g/mol. The van der Waals surface area contributed by atoms with Crippen LogP contribution in [-0.4, -0.2) is 45.2 Å². The summed E-state index contributed by atoms with van der Waals surface area (Å²) in [6.45, 7) is 1.85. The minimum atomic E-state index is 0. The molecule has 0 aromatic rings. The van der Waals surface area contributed by atoms with E-state index in [1.165, 1.54) is 0 Å². The highest BCUT2D eigenvalue weighted by molar-refractivity contribution is 5.36. The van der Waals surface area contributed by atoms with Crippen LogP contribution in [0, 0.1) is 0 Å². The predicted octanol–water partition coefficient (Wildman–Crippen LogP) is -3.13. The van der Waals surface area contributed by atoms with E-state index < -0.39 is 0 Å². The van der Waals surface area contributed by atoms with Gasteiger partial charge in [0.25, 0.3) is 6.47 Å². The molecule has 0 aromatic carbocycles. The zero-order chi connectivity index (χ0) is 7.33. The summed E-state index contributed by atoms with van der Waals surface area (Å²) in [6, 6.07) is 0. The van der Waals surface area contributed by atoms with Gasteiger partial charge in [0.2, 0.25) is 0 Å². The van der Waals surface area contributed by atoms with Gasteiger partial charge in [-0.1, -0.05) is 0 Å². The van der Waals surface area contributed by atoms with Crippen LogP contribution in [-0.2, 0) is 9.53 Å². The first-order valence-corrected chi connectivity index (χ1v) is 2.92. The third-order valence-corrected chi connectivity index (χ3v) is 0.948. The normalized spacial score (nSPS) is 9.90. The average Bonchev–Trinajstić information content (AvgIpc) is 1.63. The Labute approximate surface area is 79.0 Å². The van der Waals surface area contributed by atoms with E-state index in [-0.39, 0.29) is 24.0 Å². The van der Waals surface area contributed by atoms with Crippen LogP contribution in [0.3, 0.4) is 0 Å². The van der Waals surface area contributed by atoms with Crippen LogP contribution in [0.15, 0.2) is 0 Å². The van der Waals surface area contributed by atoms with E-state index in [4.69, 9.17) is 0 Å². The first-order valence-electron chi connectivity index (χ1n) is 2.92. The standard InChI is InChI=1S/C6H14NO2.HI/c1-7(2,3)4-5-9-6-8;/h6H,4-5H2,1-3H3;1H/q+1;/p-1. The van der Waals surface area contributed by atoms with Gasteiger partial charge in [-0.25, -0.2) is 0 Å². The molecule has 0 unspecified atom stereocenters. The maximum atomic E-state index is 9.66. The molecule has 3 nitrogen and oxygen atoms in total. The lowest BCUT2D eigenvalue weighted by Gasteiger charge is -2.22. The van der Waals surface area contributed by atoms with Crippen LogP contribution >= 0.6 is 0 Å². The third kappa shape index (κ3) is 11.0. The van der Waals surface area contributed by atoms with E-state index in [1.54, 1.807) is 0 Å². The van der Waals surface area contributed by atoms with Crippen molar-refractivity contribution in [2.45, 2.75) is 0 Å². The van der Waals surface area contributed by atoms with Crippen LogP contribution in [0.1, 0.15) is 0 Å². The predicted molar refractivity (Wildman–Crippen MR) is 34.9 cm³/mol. The van der Waals surface area contributed by atoms with E-state index in [1.807, 2.05) is 21.1 Å². The Hall–Kier alpha value is 0.160. The summed E-state index contributed by atoms with van der Waals surface area (Å²) in [7, 11) is 6.15. The molecule has 4 heteroatoms. The number of hydrogen-bond donors (Lipinski definition) is 0. The summed E-state index contributed by atoms with van der Waals surface area (Å²) in [5, 5.41) is 0. The molecule has 0 aliphatic rings. The molecule has 0 saturated heterocycles. The van der Waals surface area contributed by atoms with Gasteiger partial charge in [-0.15, -0.1) is 0 Å². The molecule has 0 aliphatic heterocycles. The second-order valence-electron chi connectivity index (χ2n) is 2.98. The van der Waals surface area contributed by atoms with Gasteiger partial charge in [0.15, 0.2) is 0 Å². The topological polar surface area (TPSA) is 26.3 Å². The molecule has 0 amide bonds. The number of quaternary nitrogens is 1. The van der Waals surface area contributed by atoms with Crippen molar-refractivity contribution in [3.8, 4) is 0 Å². The van der Waals surface area contributed by atoms with Crippen molar-refractivity contribution in [1.29, 1.82) is 0 Å². The monoisotopic (exact) mass is 259 g/mol. The second-order valence-corrected chi connectivity index (χ2v) is 2.98. The third-order valence-electron chi connectivity index (χ3n) is 0.948. The number of likely N-dealkylation sites (N-methyl/N-ethyl adjacent to an activating group) is 1. The van der Waals surface area contributed by atoms with E-state index in [0.717, 1.165) is 11.0 Å². The first kappa shape index (κ1) is 12.8. The SMILES string of the molecule is C[N+](C)(C)CCOC=O.[I-]. The highest BCUT2D eigenvalue weighted by Gasteiger charge is 2.04. The molecule has 0 aromatic heterocycles. The molecular weight excluding hydrogens is 245 g/mol. The van der Waals surface area contributed by atoms with Crippen LogP contribution in [0.25, 0.3) is 0 Å². The van der Waals surface area contributed by atoms with Gasteiger partial charge in [0.05, 0.1) is 21.1 Å². The maximum absolute atomic E-state index is 9.66. The smallest absolute Gasteiger partial charge is 0.293 e. The highest BCUT2D eigenvalue weighted by Crippen LogP contribution is 1.87. The molecular formula is C6H14INO2.